The van der Waals surface area contributed by atoms with Crippen LogP contribution in [-0.2, 0) is 0 Å². The lowest BCUT2D eigenvalue weighted by Gasteiger charge is -2.52. The topological polar surface area (TPSA) is 32.5 Å². The molecule has 2 unspecified atom stereocenters. The van der Waals surface area contributed by atoms with Crippen LogP contribution in [0, 0.1) is 0 Å². The largest absolute Gasteiger partial charge is 0.401 e. The maximum Gasteiger partial charge on any atom is 0.401 e. The van der Waals surface area contributed by atoms with Gasteiger partial charge in [0.2, 0.25) is 0 Å². The molecule has 0 amide bonds. The summed E-state index contributed by atoms with van der Waals surface area (Å²) in [4.78, 5) is 3.85. The summed E-state index contributed by atoms with van der Waals surface area (Å²) in [6.07, 6.45) is -1.88. The van der Waals surface area contributed by atoms with Gasteiger partial charge in [-0.25, -0.2) is 0 Å². The van der Waals surface area contributed by atoms with Gasteiger partial charge in [0.05, 0.1) is 6.54 Å². The van der Waals surface area contributed by atoms with Gasteiger partial charge in [0.1, 0.15) is 0 Å². The summed E-state index contributed by atoms with van der Waals surface area (Å²) in [6.45, 7) is 4.37. The smallest absolute Gasteiger partial charge is 0.329 e. The first-order chi connectivity index (χ1) is 9.37. The lowest BCUT2D eigenvalue weighted by Crippen LogP contribution is -2.65. The van der Waals surface area contributed by atoms with Gasteiger partial charge in [0, 0.05) is 43.5 Å². The van der Waals surface area contributed by atoms with Crippen molar-refractivity contribution in [2.24, 2.45) is 5.73 Å². The molecule has 118 valence electrons. The Morgan fingerprint density at radius 3 is 2.40 bits per heavy atom. The van der Waals surface area contributed by atoms with E-state index in [0.29, 0.717) is 38.0 Å². The molecule has 0 bridgehead atoms. The summed E-state index contributed by atoms with van der Waals surface area (Å²) in [6, 6.07) is 0. The molecule has 0 radical (unpaired) electrons. The van der Waals surface area contributed by atoms with Gasteiger partial charge >= 0.3 is 6.18 Å². The highest BCUT2D eigenvalue weighted by atomic mass is 32.2. The fourth-order valence-electron chi connectivity index (χ4n) is 3.41. The van der Waals surface area contributed by atoms with Gasteiger partial charge in [-0.15, -0.1) is 0 Å². The number of piperazine rings is 1. The van der Waals surface area contributed by atoms with E-state index in [1.165, 1.54) is 4.90 Å². The molecular weight excluding hydrogens is 287 g/mol. The molecule has 2 aliphatic heterocycles. The van der Waals surface area contributed by atoms with Crippen LogP contribution in [0.1, 0.15) is 19.8 Å². The third-order valence-electron chi connectivity index (χ3n) is 4.64. The molecule has 2 aliphatic rings. The Labute approximate surface area is 123 Å². The van der Waals surface area contributed by atoms with E-state index in [2.05, 4.69) is 11.8 Å². The van der Waals surface area contributed by atoms with E-state index in [-0.39, 0.29) is 5.54 Å². The first-order valence-corrected chi connectivity index (χ1v) is 8.28. The van der Waals surface area contributed by atoms with Crippen LogP contribution in [0.4, 0.5) is 13.2 Å². The van der Waals surface area contributed by atoms with Gasteiger partial charge in [-0.3, -0.25) is 9.80 Å². The summed E-state index contributed by atoms with van der Waals surface area (Å²) in [5.41, 5.74) is 6.03. The predicted molar refractivity (Wildman–Crippen MR) is 77.0 cm³/mol. The van der Waals surface area contributed by atoms with Crippen molar-refractivity contribution in [1.29, 1.82) is 0 Å². The SMILES string of the molecule is CC1SCCCC1(CN)N1CCN(CC(F)(F)F)CC1. The van der Waals surface area contributed by atoms with Crippen LogP contribution in [0.15, 0.2) is 0 Å². The summed E-state index contributed by atoms with van der Waals surface area (Å²) < 4.78 is 37.3. The lowest BCUT2D eigenvalue weighted by molar-refractivity contribution is -0.151. The van der Waals surface area contributed by atoms with Crippen LogP contribution in [0.3, 0.4) is 0 Å². The maximum atomic E-state index is 12.4. The van der Waals surface area contributed by atoms with Crippen LogP contribution < -0.4 is 5.73 Å². The minimum Gasteiger partial charge on any atom is -0.329 e. The number of nitrogens with two attached hydrogens (primary N) is 1. The molecule has 0 spiro atoms. The van der Waals surface area contributed by atoms with Crippen LogP contribution in [-0.4, -0.2) is 71.8 Å². The molecule has 0 aliphatic carbocycles. The van der Waals surface area contributed by atoms with Gasteiger partial charge in [-0.1, -0.05) is 6.92 Å². The quantitative estimate of drug-likeness (QED) is 0.861. The van der Waals surface area contributed by atoms with Crippen LogP contribution in [0.5, 0.6) is 0 Å². The van der Waals surface area contributed by atoms with E-state index < -0.39 is 12.7 Å². The summed E-state index contributed by atoms with van der Waals surface area (Å²) >= 11 is 1.94. The first-order valence-electron chi connectivity index (χ1n) is 7.23. The molecule has 3 nitrogen and oxygen atoms in total. The van der Waals surface area contributed by atoms with Crippen molar-refractivity contribution < 1.29 is 13.2 Å². The number of hydrogen-bond acceptors (Lipinski definition) is 4. The van der Waals surface area contributed by atoms with Crippen LogP contribution in [0.2, 0.25) is 0 Å². The highest BCUT2D eigenvalue weighted by molar-refractivity contribution is 8.00. The Hall–Kier alpha value is 0.0200. The number of halogens is 3. The number of nitrogens with zero attached hydrogens (tertiary/aromatic N) is 2. The van der Waals surface area contributed by atoms with Crippen molar-refractivity contribution in [3.63, 3.8) is 0 Å². The second-order valence-corrected chi connectivity index (χ2v) is 7.25. The molecule has 2 fully saturated rings. The zero-order valence-electron chi connectivity index (χ0n) is 12.0. The van der Waals surface area contributed by atoms with Gasteiger partial charge in [0.25, 0.3) is 0 Å². The summed E-state index contributed by atoms with van der Waals surface area (Å²) in [7, 11) is 0. The maximum absolute atomic E-state index is 12.4. The summed E-state index contributed by atoms with van der Waals surface area (Å²) in [5.74, 6) is 1.16. The molecule has 0 aromatic heterocycles. The molecule has 2 heterocycles. The standard InChI is InChI=1S/C13H24F3N3S/c1-11-12(9-17,3-2-8-20-11)19-6-4-18(5-7-19)10-13(14,15)16/h11H,2-10,17H2,1H3. The third kappa shape index (κ3) is 3.61. The zero-order valence-corrected chi connectivity index (χ0v) is 12.8. The predicted octanol–water partition coefficient (Wildman–Crippen LogP) is 1.78. The number of rotatable bonds is 3. The Morgan fingerprint density at radius 1 is 1.25 bits per heavy atom. The van der Waals surface area contributed by atoms with Crippen molar-refractivity contribution in [2.45, 2.75) is 36.7 Å². The number of hydrogen-bond donors (Lipinski definition) is 1. The molecule has 0 aromatic carbocycles. The highest BCUT2D eigenvalue weighted by Gasteiger charge is 2.44. The molecule has 2 N–H and O–H groups in total. The Kier molecular flexibility index (Phi) is 5.26. The minimum absolute atomic E-state index is 0.0206. The Bertz CT molecular complexity index is 318. The van der Waals surface area contributed by atoms with Crippen molar-refractivity contribution in [3.8, 4) is 0 Å². The van der Waals surface area contributed by atoms with Gasteiger partial charge < -0.3 is 5.73 Å². The van der Waals surface area contributed by atoms with Gasteiger partial charge in [-0.2, -0.15) is 24.9 Å². The van der Waals surface area contributed by atoms with Crippen LogP contribution in [0.25, 0.3) is 0 Å². The van der Waals surface area contributed by atoms with Crippen molar-refractivity contribution in [2.75, 3.05) is 45.0 Å². The number of thioether (sulfide) groups is 1. The van der Waals surface area contributed by atoms with E-state index in [4.69, 9.17) is 5.73 Å². The molecule has 2 saturated heterocycles. The minimum atomic E-state index is -4.10. The molecular formula is C13H24F3N3S. The van der Waals surface area contributed by atoms with Gasteiger partial charge in [0.15, 0.2) is 0 Å². The van der Waals surface area contributed by atoms with Crippen molar-refractivity contribution in [3.05, 3.63) is 0 Å². The molecule has 0 aromatic rings. The normalized spacial score (nSPS) is 34.4. The molecule has 0 saturated carbocycles. The van der Waals surface area contributed by atoms with Crippen molar-refractivity contribution in [1.82, 2.24) is 9.80 Å². The number of alkyl halides is 3. The highest BCUT2D eigenvalue weighted by Crippen LogP contribution is 2.38. The average Bonchev–Trinajstić information content (AvgIpc) is 2.39. The Balaban J connectivity index is 1.94. The van der Waals surface area contributed by atoms with Gasteiger partial charge in [-0.05, 0) is 18.6 Å². The molecule has 20 heavy (non-hydrogen) atoms. The molecule has 2 atom stereocenters. The zero-order chi connectivity index (χ0) is 14.8. The fourth-order valence-corrected chi connectivity index (χ4v) is 4.75. The molecule has 2 rings (SSSR count). The monoisotopic (exact) mass is 311 g/mol. The first kappa shape index (κ1) is 16.4. The van der Waals surface area contributed by atoms with E-state index in [9.17, 15) is 13.2 Å². The average molecular weight is 311 g/mol. The van der Waals surface area contributed by atoms with E-state index >= 15 is 0 Å². The van der Waals surface area contributed by atoms with E-state index in [1.807, 2.05) is 11.8 Å². The van der Waals surface area contributed by atoms with Crippen molar-refractivity contribution >= 4 is 11.8 Å². The lowest BCUT2D eigenvalue weighted by atomic mass is 9.87. The fraction of sp³-hybridized carbons (Fsp3) is 1.00. The second-order valence-electron chi connectivity index (χ2n) is 5.80. The second kappa shape index (κ2) is 6.42. The third-order valence-corrected chi connectivity index (χ3v) is 6.10. The molecule has 7 heteroatoms. The summed E-state index contributed by atoms with van der Waals surface area (Å²) in [5, 5.41) is 0.454. The van der Waals surface area contributed by atoms with E-state index in [1.54, 1.807) is 0 Å². The van der Waals surface area contributed by atoms with E-state index in [0.717, 1.165) is 18.6 Å². The van der Waals surface area contributed by atoms with Crippen LogP contribution >= 0.6 is 11.8 Å². The Morgan fingerprint density at radius 2 is 1.90 bits per heavy atom.